The number of aryl methyl sites for hydroxylation is 1. The summed E-state index contributed by atoms with van der Waals surface area (Å²) in [5.74, 6) is -0.424. The molecule has 0 heterocycles. The Labute approximate surface area is 106 Å². The highest BCUT2D eigenvalue weighted by Crippen LogP contribution is 2.13. The number of benzene rings is 1. The molecule has 0 saturated carbocycles. The number of hydrogen-bond acceptors (Lipinski definition) is 3. The lowest BCUT2D eigenvalue weighted by atomic mass is 10.2. The number of carbonyl (C=O) groups is 2. The quantitative estimate of drug-likeness (QED) is 0.699. The summed E-state index contributed by atoms with van der Waals surface area (Å²) < 4.78 is 0. The van der Waals surface area contributed by atoms with Crippen LogP contribution < -0.4 is 10.6 Å². The van der Waals surface area contributed by atoms with E-state index in [1.165, 1.54) is 0 Å². The van der Waals surface area contributed by atoms with Crippen LogP contribution in [0.4, 0.5) is 5.69 Å². The summed E-state index contributed by atoms with van der Waals surface area (Å²) in [5, 5.41) is 13.8. The van der Waals surface area contributed by atoms with E-state index in [1.54, 1.807) is 0 Å². The van der Waals surface area contributed by atoms with Gasteiger partial charge in [0.25, 0.3) is 0 Å². The molecule has 0 aliphatic carbocycles. The fourth-order valence-electron chi connectivity index (χ4n) is 1.44. The van der Waals surface area contributed by atoms with Crippen LogP contribution in [-0.2, 0) is 9.59 Å². The molecule has 0 fully saturated rings. The molecular weight excluding hydrogens is 232 g/mol. The second-order valence-corrected chi connectivity index (χ2v) is 3.94. The molecule has 0 unspecified atom stereocenters. The predicted octanol–water partition coefficient (Wildman–Crippen LogP) is 0.822. The van der Waals surface area contributed by atoms with Gasteiger partial charge in [-0.05, 0) is 18.6 Å². The summed E-state index contributed by atoms with van der Waals surface area (Å²) in [6, 6.07) is 7.46. The van der Waals surface area contributed by atoms with Crippen molar-refractivity contribution in [2.75, 3.05) is 18.5 Å². The van der Waals surface area contributed by atoms with Crippen LogP contribution in [0.15, 0.2) is 24.3 Å². The number of nitrogens with one attached hydrogen (secondary N) is 2. The normalized spacial score (nSPS) is 9.89. The molecule has 1 aromatic rings. The zero-order valence-electron chi connectivity index (χ0n) is 10.4. The lowest BCUT2D eigenvalue weighted by Crippen LogP contribution is -2.27. The molecule has 0 radical (unpaired) electrons. The Balaban J connectivity index is 2.34. The van der Waals surface area contributed by atoms with Crippen molar-refractivity contribution in [1.29, 1.82) is 0 Å². The highest BCUT2D eigenvalue weighted by atomic mass is 16.3. The lowest BCUT2D eigenvalue weighted by molar-refractivity contribution is -0.124. The Morgan fingerprint density at radius 3 is 2.50 bits per heavy atom. The summed E-state index contributed by atoms with van der Waals surface area (Å²) in [7, 11) is 0. The van der Waals surface area contributed by atoms with Crippen molar-refractivity contribution in [3.8, 4) is 0 Å². The van der Waals surface area contributed by atoms with Crippen LogP contribution >= 0.6 is 0 Å². The summed E-state index contributed by atoms with van der Waals surface area (Å²) in [4.78, 5) is 22.8. The molecule has 98 valence electrons. The van der Waals surface area contributed by atoms with Crippen LogP contribution in [-0.4, -0.2) is 30.1 Å². The Bertz CT molecular complexity index is 418. The van der Waals surface area contributed by atoms with Crippen molar-refractivity contribution in [2.24, 2.45) is 0 Å². The molecule has 5 nitrogen and oxygen atoms in total. The monoisotopic (exact) mass is 250 g/mol. The van der Waals surface area contributed by atoms with Gasteiger partial charge in [-0.25, -0.2) is 0 Å². The van der Waals surface area contributed by atoms with E-state index in [4.69, 9.17) is 5.11 Å². The number of hydrogen-bond donors (Lipinski definition) is 3. The van der Waals surface area contributed by atoms with Gasteiger partial charge in [0, 0.05) is 25.1 Å². The van der Waals surface area contributed by atoms with Crippen molar-refractivity contribution in [2.45, 2.75) is 19.8 Å². The first-order valence-corrected chi connectivity index (χ1v) is 5.86. The summed E-state index contributed by atoms with van der Waals surface area (Å²) in [6.45, 7) is 2.03. The van der Waals surface area contributed by atoms with Gasteiger partial charge >= 0.3 is 0 Å². The summed E-state index contributed by atoms with van der Waals surface area (Å²) in [6.07, 6.45) is 0.253. The van der Waals surface area contributed by atoms with Gasteiger partial charge in [0.15, 0.2) is 0 Å². The summed E-state index contributed by atoms with van der Waals surface area (Å²) >= 11 is 0. The average molecular weight is 250 g/mol. The van der Waals surface area contributed by atoms with Crippen molar-refractivity contribution in [3.05, 3.63) is 29.8 Å². The topological polar surface area (TPSA) is 78.4 Å². The third kappa shape index (κ3) is 4.97. The first kappa shape index (κ1) is 14.2. The molecule has 0 spiro atoms. The molecule has 2 amide bonds. The van der Waals surface area contributed by atoms with Crippen LogP contribution in [0.2, 0.25) is 0 Å². The van der Waals surface area contributed by atoms with Gasteiger partial charge in [-0.3, -0.25) is 9.59 Å². The van der Waals surface area contributed by atoms with Crippen LogP contribution in [0.1, 0.15) is 18.4 Å². The van der Waals surface area contributed by atoms with E-state index in [2.05, 4.69) is 10.6 Å². The van der Waals surface area contributed by atoms with Gasteiger partial charge in [0.1, 0.15) is 0 Å². The highest BCUT2D eigenvalue weighted by Gasteiger charge is 2.07. The van der Waals surface area contributed by atoms with Gasteiger partial charge in [0.2, 0.25) is 11.8 Å². The zero-order valence-corrected chi connectivity index (χ0v) is 10.4. The van der Waals surface area contributed by atoms with Crippen LogP contribution in [0.5, 0.6) is 0 Å². The van der Waals surface area contributed by atoms with Crippen LogP contribution in [0.25, 0.3) is 0 Å². The minimum atomic E-state index is -0.232. The Morgan fingerprint density at radius 1 is 1.17 bits per heavy atom. The number of amides is 2. The van der Waals surface area contributed by atoms with E-state index in [9.17, 15) is 9.59 Å². The average Bonchev–Trinajstić information content (AvgIpc) is 2.36. The third-order valence-electron chi connectivity index (χ3n) is 2.43. The molecule has 0 atom stereocenters. The van der Waals surface area contributed by atoms with Crippen molar-refractivity contribution in [1.82, 2.24) is 5.32 Å². The molecule has 18 heavy (non-hydrogen) atoms. The molecular formula is C13H18N2O3. The smallest absolute Gasteiger partial charge is 0.224 e. The van der Waals surface area contributed by atoms with E-state index < -0.39 is 0 Å². The van der Waals surface area contributed by atoms with E-state index in [0.717, 1.165) is 11.3 Å². The predicted molar refractivity (Wildman–Crippen MR) is 69.1 cm³/mol. The third-order valence-corrected chi connectivity index (χ3v) is 2.43. The minimum Gasteiger partial charge on any atom is -0.395 e. The standard InChI is InChI=1S/C13H18N2O3/c1-10-4-2-3-5-11(10)15-13(18)7-6-12(17)14-8-9-16/h2-5,16H,6-9H2,1H3,(H,14,17)(H,15,18). The number of aliphatic hydroxyl groups excluding tert-OH is 1. The van der Waals surface area contributed by atoms with Gasteiger partial charge in [-0.2, -0.15) is 0 Å². The molecule has 0 saturated heterocycles. The molecule has 5 heteroatoms. The maximum absolute atomic E-state index is 11.6. The zero-order chi connectivity index (χ0) is 13.4. The molecule has 3 N–H and O–H groups in total. The number of carbonyl (C=O) groups excluding carboxylic acids is 2. The van der Waals surface area contributed by atoms with Gasteiger partial charge < -0.3 is 15.7 Å². The Hall–Kier alpha value is -1.88. The maximum atomic E-state index is 11.6. The number of aliphatic hydroxyl groups is 1. The number of anilines is 1. The molecule has 0 aliphatic rings. The van der Waals surface area contributed by atoms with Crippen LogP contribution in [0, 0.1) is 6.92 Å². The van der Waals surface area contributed by atoms with E-state index in [0.29, 0.717) is 0 Å². The minimum absolute atomic E-state index is 0.0961. The molecule has 0 aliphatic heterocycles. The largest absolute Gasteiger partial charge is 0.395 e. The number of para-hydroxylation sites is 1. The van der Waals surface area contributed by atoms with Gasteiger partial charge in [0.05, 0.1) is 6.61 Å². The maximum Gasteiger partial charge on any atom is 0.224 e. The van der Waals surface area contributed by atoms with E-state index in [-0.39, 0.29) is 37.8 Å². The first-order chi connectivity index (χ1) is 8.63. The molecule has 1 rings (SSSR count). The van der Waals surface area contributed by atoms with Gasteiger partial charge in [-0.15, -0.1) is 0 Å². The Morgan fingerprint density at radius 2 is 1.83 bits per heavy atom. The van der Waals surface area contributed by atoms with Crippen molar-refractivity contribution < 1.29 is 14.7 Å². The second-order valence-electron chi connectivity index (χ2n) is 3.94. The Kier molecular flexibility index (Phi) is 5.87. The van der Waals surface area contributed by atoms with Crippen molar-refractivity contribution >= 4 is 17.5 Å². The fraction of sp³-hybridized carbons (Fsp3) is 0.385. The first-order valence-electron chi connectivity index (χ1n) is 5.86. The summed E-state index contributed by atoms with van der Waals surface area (Å²) in [5.41, 5.74) is 1.74. The molecule has 0 bridgehead atoms. The fourth-order valence-corrected chi connectivity index (χ4v) is 1.44. The number of rotatable bonds is 6. The highest BCUT2D eigenvalue weighted by molar-refractivity contribution is 5.93. The lowest BCUT2D eigenvalue weighted by Gasteiger charge is -2.08. The SMILES string of the molecule is Cc1ccccc1NC(=O)CCC(=O)NCCO. The van der Waals surface area contributed by atoms with Gasteiger partial charge in [-0.1, -0.05) is 18.2 Å². The van der Waals surface area contributed by atoms with Crippen LogP contribution in [0.3, 0.4) is 0 Å². The van der Waals surface area contributed by atoms with Crippen molar-refractivity contribution in [3.63, 3.8) is 0 Å². The molecule has 0 aromatic heterocycles. The molecule has 1 aromatic carbocycles. The van der Waals surface area contributed by atoms with E-state index >= 15 is 0 Å². The van der Waals surface area contributed by atoms with E-state index in [1.807, 2.05) is 31.2 Å². The second kappa shape index (κ2) is 7.45.